The minimum Gasteiger partial charge on any atom is -0.467 e. The number of thioether (sulfide) groups is 1. The summed E-state index contributed by atoms with van der Waals surface area (Å²) < 4.78 is 39.5. The molecule has 0 spiro atoms. The molecule has 4 rings (SSSR count). The fraction of sp³-hybridized carbons (Fsp3) is 0.280. The lowest BCUT2D eigenvalue weighted by Gasteiger charge is -2.19. The molecule has 0 aliphatic carbocycles. The standard InChI is InChI=1S/C25H23F2N3O6S/c1-35-24(33)20(29-22(31)19-3-2-8-28-19)9-13-4-6-14(7-5-13)36-15-10-17(26)16(18(27)11-15)12-21-23(32)30-25(34)37-21/h4-7,10-12,19-20,28H,2-3,8-9H2,1H3,(H,29,31)(H,30,32,34)/b21-12+. The number of rotatable bonds is 8. The van der Waals surface area contributed by atoms with Crippen LogP contribution in [0.2, 0.25) is 0 Å². The predicted molar refractivity (Wildman–Crippen MR) is 131 cm³/mol. The van der Waals surface area contributed by atoms with Crippen LogP contribution >= 0.6 is 11.8 Å². The van der Waals surface area contributed by atoms with Crippen LogP contribution in [-0.4, -0.2) is 48.8 Å². The molecule has 2 fully saturated rings. The van der Waals surface area contributed by atoms with Crippen molar-refractivity contribution < 1.29 is 37.4 Å². The van der Waals surface area contributed by atoms with E-state index in [0.29, 0.717) is 23.7 Å². The average molecular weight is 532 g/mol. The number of nitrogens with one attached hydrogen (secondary N) is 3. The van der Waals surface area contributed by atoms with E-state index in [1.54, 1.807) is 24.3 Å². The second-order valence-corrected chi connectivity index (χ2v) is 9.35. The van der Waals surface area contributed by atoms with Gasteiger partial charge in [0, 0.05) is 24.1 Å². The van der Waals surface area contributed by atoms with Gasteiger partial charge in [-0.25, -0.2) is 13.6 Å². The highest BCUT2D eigenvalue weighted by Crippen LogP contribution is 2.31. The summed E-state index contributed by atoms with van der Waals surface area (Å²) in [5.41, 5.74) is 0.224. The first kappa shape index (κ1) is 26.3. The maximum atomic E-state index is 14.6. The quantitative estimate of drug-likeness (QED) is 0.351. The summed E-state index contributed by atoms with van der Waals surface area (Å²) in [6.45, 7) is 0.744. The summed E-state index contributed by atoms with van der Waals surface area (Å²) in [5, 5.41) is 7.19. The van der Waals surface area contributed by atoms with Gasteiger partial charge in [-0.2, -0.15) is 0 Å². The average Bonchev–Trinajstić information content (AvgIpc) is 3.51. The molecule has 2 atom stereocenters. The number of benzene rings is 2. The monoisotopic (exact) mass is 531 g/mol. The third kappa shape index (κ3) is 6.52. The molecule has 9 nitrogen and oxygen atoms in total. The van der Waals surface area contributed by atoms with Crippen LogP contribution in [0, 0.1) is 11.6 Å². The number of methoxy groups -OCH3 is 1. The summed E-state index contributed by atoms with van der Waals surface area (Å²) in [5.74, 6) is -3.36. The van der Waals surface area contributed by atoms with Crippen molar-refractivity contribution in [2.75, 3.05) is 13.7 Å². The third-order valence-electron chi connectivity index (χ3n) is 5.75. The lowest BCUT2D eigenvalue weighted by molar-refractivity contribution is -0.145. The lowest BCUT2D eigenvalue weighted by atomic mass is 10.0. The Kier molecular flexibility index (Phi) is 8.19. The van der Waals surface area contributed by atoms with Gasteiger partial charge in [0.15, 0.2) is 0 Å². The number of hydrogen-bond donors (Lipinski definition) is 3. The van der Waals surface area contributed by atoms with Crippen LogP contribution in [0.25, 0.3) is 6.08 Å². The Morgan fingerprint density at radius 2 is 1.86 bits per heavy atom. The van der Waals surface area contributed by atoms with E-state index in [9.17, 15) is 28.0 Å². The topological polar surface area (TPSA) is 123 Å². The Labute approximate surface area is 215 Å². The number of imide groups is 1. The van der Waals surface area contributed by atoms with E-state index >= 15 is 0 Å². The van der Waals surface area contributed by atoms with Crippen molar-refractivity contribution in [3.05, 3.63) is 64.1 Å². The first-order chi connectivity index (χ1) is 17.7. The number of halogens is 2. The lowest BCUT2D eigenvalue weighted by Crippen LogP contribution is -2.49. The zero-order chi connectivity index (χ0) is 26.5. The van der Waals surface area contributed by atoms with Gasteiger partial charge in [0.2, 0.25) is 5.91 Å². The van der Waals surface area contributed by atoms with Crippen molar-refractivity contribution in [2.45, 2.75) is 31.3 Å². The van der Waals surface area contributed by atoms with E-state index < -0.39 is 40.4 Å². The first-order valence-corrected chi connectivity index (χ1v) is 12.2. The molecule has 3 N–H and O–H groups in total. The van der Waals surface area contributed by atoms with Gasteiger partial charge in [0.05, 0.1) is 18.1 Å². The van der Waals surface area contributed by atoms with Crippen LogP contribution in [0.5, 0.6) is 11.5 Å². The van der Waals surface area contributed by atoms with Gasteiger partial charge in [-0.3, -0.25) is 19.7 Å². The molecule has 2 heterocycles. The number of hydrogen-bond acceptors (Lipinski definition) is 8. The van der Waals surface area contributed by atoms with Gasteiger partial charge in [-0.1, -0.05) is 12.1 Å². The summed E-state index contributed by atoms with van der Waals surface area (Å²) in [6.07, 6.45) is 2.72. The van der Waals surface area contributed by atoms with E-state index in [-0.39, 0.29) is 34.8 Å². The molecule has 0 aromatic heterocycles. The Balaban J connectivity index is 1.42. The van der Waals surface area contributed by atoms with Crippen LogP contribution in [0.3, 0.4) is 0 Å². The Bertz CT molecular complexity index is 1240. The summed E-state index contributed by atoms with van der Waals surface area (Å²) in [7, 11) is 1.24. The van der Waals surface area contributed by atoms with E-state index in [1.807, 2.05) is 5.32 Å². The van der Waals surface area contributed by atoms with Gasteiger partial charge in [-0.15, -0.1) is 0 Å². The van der Waals surface area contributed by atoms with Crippen molar-refractivity contribution in [1.29, 1.82) is 0 Å². The summed E-state index contributed by atoms with van der Waals surface area (Å²) in [6, 6.07) is 7.12. The molecular weight excluding hydrogens is 508 g/mol. The second kappa shape index (κ2) is 11.5. The van der Waals surface area contributed by atoms with E-state index in [1.165, 1.54) is 7.11 Å². The van der Waals surface area contributed by atoms with Crippen LogP contribution < -0.4 is 20.7 Å². The smallest absolute Gasteiger partial charge is 0.328 e. The Morgan fingerprint density at radius 3 is 2.43 bits per heavy atom. The fourth-order valence-electron chi connectivity index (χ4n) is 3.89. The molecule has 2 saturated heterocycles. The van der Waals surface area contributed by atoms with Gasteiger partial charge in [0.1, 0.15) is 29.2 Å². The minimum absolute atomic E-state index is 0.117. The predicted octanol–water partition coefficient (Wildman–Crippen LogP) is 3.03. The molecule has 12 heteroatoms. The molecule has 0 saturated carbocycles. The molecule has 3 amide bonds. The molecule has 2 aromatic rings. The highest BCUT2D eigenvalue weighted by atomic mass is 32.2. The van der Waals surface area contributed by atoms with Crippen LogP contribution in [0.1, 0.15) is 24.0 Å². The number of esters is 1. The van der Waals surface area contributed by atoms with Gasteiger partial charge >= 0.3 is 5.97 Å². The van der Waals surface area contributed by atoms with Crippen LogP contribution in [0.4, 0.5) is 13.6 Å². The molecular formula is C25H23F2N3O6S. The van der Waals surface area contributed by atoms with Crippen molar-refractivity contribution in [3.8, 4) is 11.5 Å². The molecule has 2 aromatic carbocycles. The van der Waals surface area contributed by atoms with E-state index in [0.717, 1.165) is 31.2 Å². The number of carbonyl (C=O) groups excluding carboxylic acids is 4. The van der Waals surface area contributed by atoms with Crippen molar-refractivity contribution in [3.63, 3.8) is 0 Å². The highest BCUT2D eigenvalue weighted by molar-refractivity contribution is 8.18. The highest BCUT2D eigenvalue weighted by Gasteiger charge is 2.28. The number of ether oxygens (including phenoxy) is 2. The maximum Gasteiger partial charge on any atom is 0.328 e. The normalized spacial score (nSPS) is 19.0. The zero-order valence-corrected chi connectivity index (χ0v) is 20.5. The largest absolute Gasteiger partial charge is 0.467 e. The molecule has 0 radical (unpaired) electrons. The van der Waals surface area contributed by atoms with E-state index in [4.69, 9.17) is 9.47 Å². The maximum absolute atomic E-state index is 14.6. The molecule has 37 heavy (non-hydrogen) atoms. The Hall–Kier alpha value is -3.77. The van der Waals surface area contributed by atoms with E-state index in [2.05, 4.69) is 10.6 Å². The number of amides is 3. The number of carbonyl (C=O) groups is 4. The molecule has 2 aliphatic rings. The van der Waals surface area contributed by atoms with Crippen molar-refractivity contribution in [2.24, 2.45) is 0 Å². The third-order valence-corrected chi connectivity index (χ3v) is 6.56. The van der Waals surface area contributed by atoms with Crippen molar-refractivity contribution >= 4 is 40.9 Å². The van der Waals surface area contributed by atoms with Gasteiger partial charge < -0.3 is 20.1 Å². The van der Waals surface area contributed by atoms with Crippen molar-refractivity contribution in [1.82, 2.24) is 16.0 Å². The first-order valence-electron chi connectivity index (χ1n) is 11.4. The SMILES string of the molecule is COC(=O)C(Cc1ccc(Oc2cc(F)c(/C=C3/SC(=O)NC3=O)c(F)c2)cc1)NC(=O)C1CCCN1. The van der Waals surface area contributed by atoms with Crippen LogP contribution in [-0.2, 0) is 25.5 Å². The zero-order valence-electron chi connectivity index (χ0n) is 19.6. The molecule has 2 aliphatic heterocycles. The van der Waals surface area contributed by atoms with Gasteiger partial charge in [-0.05, 0) is 54.9 Å². The molecule has 194 valence electrons. The Morgan fingerprint density at radius 1 is 1.16 bits per heavy atom. The summed E-state index contributed by atoms with van der Waals surface area (Å²) in [4.78, 5) is 47.4. The van der Waals surface area contributed by atoms with Gasteiger partial charge in [0.25, 0.3) is 11.1 Å². The molecule has 0 bridgehead atoms. The molecule has 2 unspecified atom stereocenters. The second-order valence-electron chi connectivity index (χ2n) is 8.34. The van der Waals surface area contributed by atoms with Crippen LogP contribution in [0.15, 0.2) is 41.3 Å². The minimum atomic E-state index is -0.972. The summed E-state index contributed by atoms with van der Waals surface area (Å²) >= 11 is 0.552. The fourth-order valence-corrected chi connectivity index (χ4v) is 4.56.